The predicted octanol–water partition coefficient (Wildman–Crippen LogP) is 1.93. The van der Waals surface area contributed by atoms with Crippen LogP contribution < -0.4 is 5.32 Å². The molecule has 0 spiro atoms. The summed E-state index contributed by atoms with van der Waals surface area (Å²) in [6.07, 6.45) is 5.42. The largest absolute Gasteiger partial charge is 0.310 e. The van der Waals surface area contributed by atoms with Gasteiger partial charge in [-0.2, -0.15) is 0 Å². The van der Waals surface area contributed by atoms with Gasteiger partial charge in [0.1, 0.15) is 0 Å². The van der Waals surface area contributed by atoms with Gasteiger partial charge in [0.15, 0.2) is 0 Å². The number of likely N-dealkylation sites (N-methyl/N-ethyl adjacent to an activating group) is 1. The first-order valence-corrected chi connectivity index (χ1v) is 7.91. The van der Waals surface area contributed by atoms with Crippen LogP contribution in [0.25, 0.3) is 0 Å². The molecule has 3 nitrogen and oxygen atoms in total. The maximum Gasteiger partial charge on any atom is 0.0198 e. The quantitative estimate of drug-likeness (QED) is 0.826. The number of rotatable bonds is 4. The summed E-state index contributed by atoms with van der Waals surface area (Å²) in [7, 11) is 0. The molecule has 0 aromatic heterocycles. The van der Waals surface area contributed by atoms with E-state index in [0.717, 1.165) is 18.1 Å². The lowest BCUT2D eigenvalue weighted by molar-refractivity contribution is 0.138. The Labute approximate surface area is 113 Å². The van der Waals surface area contributed by atoms with Crippen molar-refractivity contribution in [2.45, 2.75) is 64.6 Å². The third kappa shape index (κ3) is 3.94. The molecule has 2 saturated heterocycles. The lowest BCUT2D eigenvalue weighted by Gasteiger charge is -2.39. The van der Waals surface area contributed by atoms with Crippen LogP contribution in [0.4, 0.5) is 0 Å². The van der Waals surface area contributed by atoms with Gasteiger partial charge in [-0.15, -0.1) is 0 Å². The van der Waals surface area contributed by atoms with Gasteiger partial charge < -0.3 is 15.1 Å². The highest BCUT2D eigenvalue weighted by molar-refractivity contribution is 4.85. The second-order valence-corrected chi connectivity index (χ2v) is 6.30. The van der Waals surface area contributed by atoms with E-state index in [1.807, 2.05) is 0 Å². The monoisotopic (exact) mass is 253 g/mol. The molecule has 18 heavy (non-hydrogen) atoms. The van der Waals surface area contributed by atoms with E-state index in [1.54, 1.807) is 0 Å². The second kappa shape index (κ2) is 6.88. The molecule has 0 aromatic carbocycles. The summed E-state index contributed by atoms with van der Waals surface area (Å²) < 4.78 is 0. The maximum absolute atomic E-state index is 3.91. The number of likely N-dealkylation sites (tertiary alicyclic amines) is 2. The van der Waals surface area contributed by atoms with Crippen molar-refractivity contribution in [3.05, 3.63) is 0 Å². The van der Waals surface area contributed by atoms with E-state index in [9.17, 15) is 0 Å². The van der Waals surface area contributed by atoms with Crippen molar-refractivity contribution in [2.75, 3.05) is 32.7 Å². The van der Waals surface area contributed by atoms with Gasteiger partial charge in [0.25, 0.3) is 0 Å². The van der Waals surface area contributed by atoms with Crippen LogP contribution in [0.15, 0.2) is 0 Å². The number of hydrogen-bond donors (Lipinski definition) is 1. The molecule has 2 aliphatic heterocycles. The summed E-state index contributed by atoms with van der Waals surface area (Å²) in [6, 6.07) is 2.23. The Kier molecular flexibility index (Phi) is 5.46. The summed E-state index contributed by atoms with van der Waals surface area (Å²) >= 11 is 0. The molecule has 1 N–H and O–H groups in total. The average Bonchev–Trinajstić information content (AvgIpc) is 2.39. The molecular formula is C15H31N3. The Balaban J connectivity index is 1.71. The van der Waals surface area contributed by atoms with Gasteiger partial charge in [0, 0.05) is 24.7 Å². The van der Waals surface area contributed by atoms with E-state index >= 15 is 0 Å². The van der Waals surface area contributed by atoms with Gasteiger partial charge in [-0.05, 0) is 65.7 Å². The van der Waals surface area contributed by atoms with Crippen LogP contribution in [-0.4, -0.2) is 60.6 Å². The van der Waals surface area contributed by atoms with Gasteiger partial charge in [-0.1, -0.05) is 6.92 Å². The molecule has 2 aliphatic rings. The third-order valence-electron chi connectivity index (χ3n) is 4.68. The smallest absolute Gasteiger partial charge is 0.0198 e. The van der Waals surface area contributed by atoms with E-state index in [0.29, 0.717) is 0 Å². The fraction of sp³-hybridized carbons (Fsp3) is 1.00. The van der Waals surface area contributed by atoms with E-state index in [-0.39, 0.29) is 0 Å². The normalized spacial score (nSPS) is 29.0. The van der Waals surface area contributed by atoms with Gasteiger partial charge in [0.05, 0.1) is 0 Å². The van der Waals surface area contributed by atoms with Crippen LogP contribution in [0.2, 0.25) is 0 Å². The maximum atomic E-state index is 3.91. The van der Waals surface area contributed by atoms with Crippen LogP contribution >= 0.6 is 0 Å². The number of piperidine rings is 2. The fourth-order valence-corrected chi connectivity index (χ4v) is 3.39. The first-order valence-electron chi connectivity index (χ1n) is 7.91. The third-order valence-corrected chi connectivity index (χ3v) is 4.68. The molecule has 3 heteroatoms. The molecule has 2 fully saturated rings. The fourth-order valence-electron chi connectivity index (χ4n) is 3.39. The zero-order chi connectivity index (χ0) is 13.0. The molecule has 1 atom stereocenters. The predicted molar refractivity (Wildman–Crippen MR) is 78.0 cm³/mol. The van der Waals surface area contributed by atoms with Crippen LogP contribution in [0.5, 0.6) is 0 Å². The molecule has 0 aliphatic carbocycles. The number of hydrogen-bond acceptors (Lipinski definition) is 3. The van der Waals surface area contributed by atoms with Crippen LogP contribution in [-0.2, 0) is 0 Å². The Bertz CT molecular complexity index is 234. The van der Waals surface area contributed by atoms with Crippen molar-refractivity contribution in [2.24, 2.45) is 0 Å². The highest BCUT2D eigenvalue weighted by Crippen LogP contribution is 2.16. The van der Waals surface area contributed by atoms with Gasteiger partial charge in [-0.3, -0.25) is 0 Å². The van der Waals surface area contributed by atoms with Crippen molar-refractivity contribution in [1.82, 2.24) is 15.1 Å². The minimum Gasteiger partial charge on any atom is -0.310 e. The molecule has 1 unspecified atom stereocenters. The Morgan fingerprint density at radius 3 is 2.39 bits per heavy atom. The van der Waals surface area contributed by atoms with E-state index in [4.69, 9.17) is 0 Å². The Morgan fingerprint density at radius 2 is 1.78 bits per heavy atom. The van der Waals surface area contributed by atoms with Crippen LogP contribution in [0, 0.1) is 0 Å². The van der Waals surface area contributed by atoms with Crippen molar-refractivity contribution in [3.63, 3.8) is 0 Å². The van der Waals surface area contributed by atoms with Crippen molar-refractivity contribution in [3.8, 4) is 0 Å². The Morgan fingerprint density at radius 1 is 1.06 bits per heavy atom. The van der Waals surface area contributed by atoms with Gasteiger partial charge in [0.2, 0.25) is 0 Å². The summed E-state index contributed by atoms with van der Waals surface area (Å²) in [5, 5.41) is 3.91. The zero-order valence-corrected chi connectivity index (χ0v) is 12.5. The first-order chi connectivity index (χ1) is 8.69. The minimum absolute atomic E-state index is 0.719. The van der Waals surface area contributed by atoms with Crippen LogP contribution in [0.1, 0.15) is 46.5 Å². The molecule has 106 valence electrons. The topological polar surface area (TPSA) is 18.5 Å². The summed E-state index contributed by atoms with van der Waals surface area (Å²) in [5.74, 6) is 0. The SMILES string of the molecule is CCN1CCCC(NC2CCN(C(C)C)CC2)C1. The molecule has 0 amide bonds. The molecule has 0 saturated carbocycles. The molecule has 2 heterocycles. The van der Waals surface area contributed by atoms with Gasteiger partial charge in [-0.25, -0.2) is 0 Å². The minimum atomic E-state index is 0.719. The Hall–Kier alpha value is -0.120. The van der Waals surface area contributed by atoms with E-state index in [2.05, 4.69) is 35.9 Å². The van der Waals surface area contributed by atoms with Crippen molar-refractivity contribution < 1.29 is 0 Å². The molecule has 0 bridgehead atoms. The summed E-state index contributed by atoms with van der Waals surface area (Å²) in [5.41, 5.74) is 0. The summed E-state index contributed by atoms with van der Waals surface area (Å²) in [4.78, 5) is 5.20. The van der Waals surface area contributed by atoms with E-state index < -0.39 is 0 Å². The highest BCUT2D eigenvalue weighted by Gasteiger charge is 2.25. The number of nitrogens with one attached hydrogen (secondary N) is 1. The second-order valence-electron chi connectivity index (χ2n) is 6.30. The molecule has 0 radical (unpaired) electrons. The number of nitrogens with zero attached hydrogens (tertiary/aromatic N) is 2. The highest BCUT2D eigenvalue weighted by atomic mass is 15.2. The lowest BCUT2D eigenvalue weighted by atomic mass is 9.99. The van der Waals surface area contributed by atoms with Crippen molar-refractivity contribution >= 4 is 0 Å². The van der Waals surface area contributed by atoms with Crippen molar-refractivity contribution in [1.29, 1.82) is 0 Å². The van der Waals surface area contributed by atoms with Gasteiger partial charge >= 0.3 is 0 Å². The standard InChI is InChI=1S/C15H31N3/c1-4-17-9-5-6-15(12-17)16-14-7-10-18(11-8-14)13(2)3/h13-16H,4-12H2,1-3H3. The van der Waals surface area contributed by atoms with E-state index in [1.165, 1.54) is 58.4 Å². The lowest BCUT2D eigenvalue weighted by Crippen LogP contribution is -2.52. The zero-order valence-electron chi connectivity index (χ0n) is 12.5. The summed E-state index contributed by atoms with van der Waals surface area (Å²) in [6.45, 7) is 13.2. The molecule has 0 aromatic rings. The molecular weight excluding hydrogens is 222 g/mol. The average molecular weight is 253 g/mol. The first kappa shape index (κ1) is 14.3. The molecule has 2 rings (SSSR count). The van der Waals surface area contributed by atoms with Crippen LogP contribution in [0.3, 0.4) is 0 Å².